The molecule has 0 spiro atoms. The third kappa shape index (κ3) is 2.85. The second-order valence-corrected chi connectivity index (χ2v) is 4.47. The van der Waals surface area contributed by atoms with Crippen LogP contribution in [0.25, 0.3) is 0 Å². The minimum atomic E-state index is -0.179. The molecule has 0 aliphatic heterocycles. The number of benzene rings is 1. The normalized spacial score (nSPS) is 13.4. The van der Waals surface area contributed by atoms with E-state index in [0.717, 1.165) is 18.6 Å². The van der Waals surface area contributed by atoms with Crippen molar-refractivity contribution in [2.45, 2.75) is 38.3 Å². The second kappa shape index (κ2) is 6.76. The highest BCUT2D eigenvalue weighted by molar-refractivity contribution is 5.32. The van der Waals surface area contributed by atoms with Gasteiger partial charge in [-0.1, -0.05) is 26.0 Å². The molecule has 1 unspecified atom stereocenters. The van der Waals surface area contributed by atoms with Crippen LogP contribution in [0.5, 0.6) is 5.75 Å². The Hall–Kier alpha value is -1.06. The van der Waals surface area contributed by atoms with Crippen molar-refractivity contribution in [3.63, 3.8) is 0 Å². The zero-order valence-electron chi connectivity index (χ0n) is 12.1. The van der Waals surface area contributed by atoms with Crippen molar-refractivity contribution in [1.82, 2.24) is 5.32 Å². The molecule has 1 aromatic rings. The van der Waals surface area contributed by atoms with Crippen LogP contribution >= 0.6 is 0 Å². The number of nitrogens with one attached hydrogen (secondary N) is 1. The summed E-state index contributed by atoms with van der Waals surface area (Å²) in [6.45, 7) is 4.33. The van der Waals surface area contributed by atoms with Crippen molar-refractivity contribution < 1.29 is 9.47 Å². The van der Waals surface area contributed by atoms with E-state index in [9.17, 15) is 0 Å². The zero-order valence-corrected chi connectivity index (χ0v) is 12.1. The van der Waals surface area contributed by atoms with E-state index in [0.29, 0.717) is 0 Å². The fourth-order valence-electron chi connectivity index (χ4n) is 2.62. The van der Waals surface area contributed by atoms with Gasteiger partial charge in [-0.05, 0) is 37.6 Å². The quantitative estimate of drug-likeness (QED) is 0.807. The van der Waals surface area contributed by atoms with E-state index in [1.807, 2.05) is 19.2 Å². The Morgan fingerprint density at radius 2 is 1.89 bits per heavy atom. The highest BCUT2D eigenvalue weighted by atomic mass is 16.5. The first-order chi connectivity index (χ1) is 8.67. The predicted molar refractivity (Wildman–Crippen MR) is 75.1 cm³/mol. The van der Waals surface area contributed by atoms with E-state index in [2.05, 4.69) is 31.3 Å². The maximum atomic E-state index is 5.81. The molecule has 102 valence electrons. The highest BCUT2D eigenvalue weighted by Crippen LogP contribution is 2.35. The van der Waals surface area contributed by atoms with E-state index in [1.165, 1.54) is 5.56 Å². The largest absolute Gasteiger partial charge is 0.497 e. The van der Waals surface area contributed by atoms with Crippen LogP contribution in [0.15, 0.2) is 24.3 Å². The van der Waals surface area contributed by atoms with Crippen molar-refractivity contribution in [3.8, 4) is 5.75 Å². The van der Waals surface area contributed by atoms with Crippen molar-refractivity contribution in [2.75, 3.05) is 21.3 Å². The van der Waals surface area contributed by atoms with Gasteiger partial charge in [0.1, 0.15) is 5.75 Å². The third-order valence-corrected chi connectivity index (χ3v) is 3.85. The Morgan fingerprint density at radius 3 is 2.33 bits per heavy atom. The molecule has 1 aromatic carbocycles. The van der Waals surface area contributed by atoms with E-state index in [-0.39, 0.29) is 11.6 Å². The van der Waals surface area contributed by atoms with Crippen molar-refractivity contribution in [1.29, 1.82) is 0 Å². The van der Waals surface area contributed by atoms with Gasteiger partial charge in [0.25, 0.3) is 0 Å². The minimum Gasteiger partial charge on any atom is -0.497 e. The Morgan fingerprint density at radius 1 is 1.22 bits per heavy atom. The maximum Gasteiger partial charge on any atom is 0.119 e. The van der Waals surface area contributed by atoms with Gasteiger partial charge in [0.15, 0.2) is 0 Å². The van der Waals surface area contributed by atoms with E-state index < -0.39 is 0 Å². The minimum absolute atomic E-state index is 0.160. The lowest BCUT2D eigenvalue weighted by molar-refractivity contribution is -0.0468. The van der Waals surface area contributed by atoms with Gasteiger partial charge in [0.05, 0.1) is 18.8 Å². The first-order valence-corrected chi connectivity index (χ1v) is 6.53. The summed E-state index contributed by atoms with van der Waals surface area (Å²) < 4.78 is 11.1. The molecule has 1 N–H and O–H groups in total. The Kier molecular flexibility index (Phi) is 5.63. The number of hydrogen-bond acceptors (Lipinski definition) is 3. The molecule has 0 aromatic heterocycles. The second-order valence-electron chi connectivity index (χ2n) is 4.47. The Bertz CT molecular complexity index is 353. The molecule has 0 saturated carbocycles. The molecule has 0 amide bonds. The molecular formula is C15H25NO2. The van der Waals surface area contributed by atoms with Crippen LogP contribution in [0.2, 0.25) is 0 Å². The number of methoxy groups -OCH3 is 2. The van der Waals surface area contributed by atoms with Crippen LogP contribution in [0.1, 0.15) is 38.3 Å². The topological polar surface area (TPSA) is 30.5 Å². The molecule has 18 heavy (non-hydrogen) atoms. The first kappa shape index (κ1) is 15.0. The fourth-order valence-corrected chi connectivity index (χ4v) is 2.62. The van der Waals surface area contributed by atoms with Gasteiger partial charge in [-0.3, -0.25) is 0 Å². The number of rotatable bonds is 7. The van der Waals surface area contributed by atoms with Gasteiger partial charge in [0.2, 0.25) is 0 Å². The average molecular weight is 251 g/mol. The fraction of sp³-hybridized carbons (Fsp3) is 0.600. The van der Waals surface area contributed by atoms with Crippen LogP contribution in [-0.2, 0) is 4.74 Å². The Labute approximate surface area is 110 Å². The molecular weight excluding hydrogens is 226 g/mol. The summed E-state index contributed by atoms with van der Waals surface area (Å²) in [7, 11) is 5.46. The highest BCUT2D eigenvalue weighted by Gasteiger charge is 2.36. The standard InChI is InChI=1S/C15H25NO2/c1-6-15(7-2,18-5)14(16-3)12-9-8-10-13(11-12)17-4/h8-11,14,16H,6-7H2,1-5H3. The summed E-state index contributed by atoms with van der Waals surface area (Å²) in [5, 5.41) is 3.38. The van der Waals surface area contributed by atoms with Gasteiger partial charge in [-0.25, -0.2) is 0 Å². The molecule has 3 nitrogen and oxygen atoms in total. The van der Waals surface area contributed by atoms with Gasteiger partial charge in [-0.2, -0.15) is 0 Å². The third-order valence-electron chi connectivity index (χ3n) is 3.85. The first-order valence-electron chi connectivity index (χ1n) is 6.53. The van der Waals surface area contributed by atoms with Crippen molar-refractivity contribution in [2.24, 2.45) is 0 Å². The van der Waals surface area contributed by atoms with Crippen LogP contribution < -0.4 is 10.1 Å². The molecule has 1 atom stereocenters. The molecule has 1 rings (SSSR count). The van der Waals surface area contributed by atoms with Crippen LogP contribution in [-0.4, -0.2) is 26.9 Å². The lowest BCUT2D eigenvalue weighted by Crippen LogP contribution is -2.43. The average Bonchev–Trinajstić information content (AvgIpc) is 2.45. The number of hydrogen-bond donors (Lipinski definition) is 1. The summed E-state index contributed by atoms with van der Waals surface area (Å²) in [6, 6.07) is 8.32. The van der Waals surface area contributed by atoms with Crippen LogP contribution in [0, 0.1) is 0 Å². The molecule has 0 heterocycles. The molecule has 0 bridgehead atoms. The molecule has 3 heteroatoms. The van der Waals surface area contributed by atoms with E-state index in [1.54, 1.807) is 14.2 Å². The van der Waals surface area contributed by atoms with Crippen LogP contribution in [0.3, 0.4) is 0 Å². The molecule has 0 radical (unpaired) electrons. The molecule has 0 aliphatic rings. The summed E-state index contributed by atoms with van der Waals surface area (Å²) in [5.74, 6) is 0.880. The van der Waals surface area contributed by atoms with E-state index in [4.69, 9.17) is 9.47 Å². The molecule has 0 saturated heterocycles. The van der Waals surface area contributed by atoms with Gasteiger partial charge >= 0.3 is 0 Å². The summed E-state index contributed by atoms with van der Waals surface area (Å²) >= 11 is 0. The summed E-state index contributed by atoms with van der Waals surface area (Å²) in [5.41, 5.74) is 1.02. The van der Waals surface area contributed by atoms with Gasteiger partial charge in [0, 0.05) is 7.11 Å². The van der Waals surface area contributed by atoms with Crippen molar-refractivity contribution in [3.05, 3.63) is 29.8 Å². The Balaban J connectivity index is 3.14. The maximum absolute atomic E-state index is 5.81. The molecule has 0 fully saturated rings. The van der Waals surface area contributed by atoms with E-state index >= 15 is 0 Å². The van der Waals surface area contributed by atoms with Crippen molar-refractivity contribution >= 4 is 0 Å². The van der Waals surface area contributed by atoms with Crippen LogP contribution in [0.4, 0.5) is 0 Å². The zero-order chi connectivity index (χ0) is 13.6. The number of ether oxygens (including phenoxy) is 2. The summed E-state index contributed by atoms with van der Waals surface area (Å²) in [6.07, 6.45) is 1.92. The lowest BCUT2D eigenvalue weighted by atomic mass is 9.84. The smallest absolute Gasteiger partial charge is 0.119 e. The SMILES string of the molecule is CCC(CC)(OC)C(NC)c1cccc(OC)c1. The molecule has 0 aliphatic carbocycles. The monoisotopic (exact) mass is 251 g/mol. The lowest BCUT2D eigenvalue weighted by Gasteiger charge is -2.38. The number of likely N-dealkylation sites (N-methyl/N-ethyl adjacent to an activating group) is 1. The van der Waals surface area contributed by atoms with Gasteiger partial charge in [-0.15, -0.1) is 0 Å². The summed E-state index contributed by atoms with van der Waals surface area (Å²) in [4.78, 5) is 0. The van der Waals surface area contributed by atoms with Gasteiger partial charge < -0.3 is 14.8 Å². The predicted octanol–water partition coefficient (Wildman–Crippen LogP) is 3.16.